The second-order valence-corrected chi connectivity index (χ2v) is 6.09. The largest absolute Gasteiger partial charge is 0.318 e. The van der Waals surface area contributed by atoms with E-state index in [2.05, 4.69) is 64.4 Å². The lowest BCUT2D eigenvalue weighted by atomic mass is 9.97. The number of hydrogen-bond donors (Lipinski definition) is 1. The quantitative estimate of drug-likeness (QED) is 0.914. The second kappa shape index (κ2) is 6.69. The van der Waals surface area contributed by atoms with Gasteiger partial charge in [-0.15, -0.1) is 0 Å². The van der Waals surface area contributed by atoms with Crippen molar-refractivity contribution < 1.29 is 0 Å². The molecule has 1 aliphatic heterocycles. The summed E-state index contributed by atoms with van der Waals surface area (Å²) >= 11 is 3.50. The summed E-state index contributed by atoms with van der Waals surface area (Å²) in [5.74, 6) is 0. The molecule has 0 amide bonds. The van der Waals surface area contributed by atoms with E-state index in [0.717, 1.165) is 11.0 Å². The van der Waals surface area contributed by atoms with E-state index in [1.54, 1.807) is 0 Å². The summed E-state index contributed by atoms with van der Waals surface area (Å²) in [7, 11) is 2.05. The predicted octanol–water partition coefficient (Wildman–Crippen LogP) is 3.58. The molecule has 1 fully saturated rings. The normalized spacial score (nSPS) is 22.9. The van der Waals surface area contributed by atoms with E-state index in [1.165, 1.54) is 31.4 Å². The van der Waals surface area contributed by atoms with Gasteiger partial charge in [0.1, 0.15) is 0 Å². The molecule has 0 bridgehead atoms. The van der Waals surface area contributed by atoms with E-state index in [0.29, 0.717) is 12.1 Å². The molecule has 1 aliphatic rings. The zero-order valence-electron chi connectivity index (χ0n) is 11.3. The lowest BCUT2D eigenvalue weighted by Crippen LogP contribution is -2.45. The Labute approximate surface area is 119 Å². The molecule has 1 saturated heterocycles. The van der Waals surface area contributed by atoms with E-state index >= 15 is 0 Å². The van der Waals surface area contributed by atoms with Crippen molar-refractivity contribution in [3.8, 4) is 0 Å². The number of nitrogens with one attached hydrogen (secondary N) is 1. The third-order valence-electron chi connectivity index (χ3n) is 3.96. The standard InChI is InChI=1S/C15H23BrN2/c1-12(13-6-8-14(16)9-7-13)18-10-4-3-5-15(18)11-17-2/h6-9,12,15,17H,3-5,10-11H2,1-2H3. The highest BCUT2D eigenvalue weighted by molar-refractivity contribution is 9.10. The summed E-state index contributed by atoms with van der Waals surface area (Å²) < 4.78 is 1.16. The minimum atomic E-state index is 0.511. The zero-order chi connectivity index (χ0) is 13.0. The van der Waals surface area contributed by atoms with Crippen molar-refractivity contribution in [2.24, 2.45) is 0 Å². The van der Waals surface area contributed by atoms with Crippen LogP contribution in [-0.4, -0.2) is 31.1 Å². The number of likely N-dealkylation sites (tertiary alicyclic amines) is 1. The van der Waals surface area contributed by atoms with Crippen molar-refractivity contribution in [3.63, 3.8) is 0 Å². The topological polar surface area (TPSA) is 15.3 Å². The van der Waals surface area contributed by atoms with Crippen molar-refractivity contribution in [2.45, 2.75) is 38.3 Å². The summed E-state index contributed by atoms with van der Waals surface area (Å²) in [6.07, 6.45) is 4.03. The molecule has 100 valence electrons. The second-order valence-electron chi connectivity index (χ2n) is 5.17. The molecule has 0 spiro atoms. The smallest absolute Gasteiger partial charge is 0.0323 e. The van der Waals surface area contributed by atoms with Gasteiger partial charge in [-0.05, 0) is 51.1 Å². The van der Waals surface area contributed by atoms with E-state index in [-0.39, 0.29) is 0 Å². The maximum Gasteiger partial charge on any atom is 0.0323 e. The first-order valence-electron chi connectivity index (χ1n) is 6.88. The minimum Gasteiger partial charge on any atom is -0.318 e. The highest BCUT2D eigenvalue weighted by Crippen LogP contribution is 2.28. The Morgan fingerprint density at radius 2 is 2.06 bits per heavy atom. The maximum absolute atomic E-state index is 3.50. The average Bonchev–Trinajstić information content (AvgIpc) is 2.40. The molecule has 2 nitrogen and oxygen atoms in total. The molecule has 1 aromatic carbocycles. The first-order valence-corrected chi connectivity index (χ1v) is 7.67. The fourth-order valence-corrected chi connectivity index (χ4v) is 3.18. The molecule has 1 N–H and O–H groups in total. The van der Waals surface area contributed by atoms with Crippen LogP contribution in [0.15, 0.2) is 28.7 Å². The fraction of sp³-hybridized carbons (Fsp3) is 0.600. The van der Waals surface area contributed by atoms with Crippen LogP contribution < -0.4 is 5.32 Å². The summed E-state index contributed by atoms with van der Waals surface area (Å²) in [5.41, 5.74) is 1.42. The van der Waals surface area contributed by atoms with E-state index in [9.17, 15) is 0 Å². The molecule has 1 heterocycles. The van der Waals surface area contributed by atoms with E-state index in [4.69, 9.17) is 0 Å². The van der Waals surface area contributed by atoms with Crippen LogP contribution in [0.4, 0.5) is 0 Å². The van der Waals surface area contributed by atoms with Crippen molar-refractivity contribution in [1.82, 2.24) is 10.2 Å². The van der Waals surface area contributed by atoms with Crippen LogP contribution in [0.3, 0.4) is 0 Å². The maximum atomic E-state index is 3.50. The lowest BCUT2D eigenvalue weighted by molar-refractivity contribution is 0.103. The Balaban J connectivity index is 2.09. The van der Waals surface area contributed by atoms with Gasteiger partial charge in [0.25, 0.3) is 0 Å². The van der Waals surface area contributed by atoms with Crippen LogP contribution in [0, 0.1) is 0 Å². The fourth-order valence-electron chi connectivity index (χ4n) is 2.92. The number of nitrogens with zero attached hydrogens (tertiary/aromatic N) is 1. The third kappa shape index (κ3) is 3.34. The van der Waals surface area contributed by atoms with Gasteiger partial charge in [0.05, 0.1) is 0 Å². The minimum absolute atomic E-state index is 0.511. The van der Waals surface area contributed by atoms with Crippen molar-refractivity contribution in [3.05, 3.63) is 34.3 Å². The first-order chi connectivity index (χ1) is 8.72. The van der Waals surface area contributed by atoms with Crippen molar-refractivity contribution in [2.75, 3.05) is 20.1 Å². The van der Waals surface area contributed by atoms with E-state index < -0.39 is 0 Å². The van der Waals surface area contributed by atoms with Gasteiger partial charge in [0, 0.05) is 23.1 Å². The van der Waals surface area contributed by atoms with Gasteiger partial charge in [0.15, 0.2) is 0 Å². The average molecular weight is 311 g/mol. The van der Waals surface area contributed by atoms with Crippen LogP contribution in [0.25, 0.3) is 0 Å². The molecular weight excluding hydrogens is 288 g/mol. The molecule has 2 atom stereocenters. The molecule has 3 heteroatoms. The van der Waals surface area contributed by atoms with Crippen molar-refractivity contribution >= 4 is 15.9 Å². The summed E-state index contributed by atoms with van der Waals surface area (Å²) in [6.45, 7) is 4.65. The number of piperidine rings is 1. The Morgan fingerprint density at radius 3 is 2.72 bits per heavy atom. The van der Waals surface area contributed by atoms with Crippen LogP contribution >= 0.6 is 15.9 Å². The highest BCUT2D eigenvalue weighted by atomic mass is 79.9. The monoisotopic (exact) mass is 310 g/mol. The van der Waals surface area contributed by atoms with Gasteiger partial charge in [-0.25, -0.2) is 0 Å². The molecule has 0 aromatic heterocycles. The molecule has 2 rings (SSSR count). The Bertz CT molecular complexity index is 361. The van der Waals surface area contributed by atoms with Gasteiger partial charge in [0.2, 0.25) is 0 Å². The van der Waals surface area contributed by atoms with E-state index in [1.807, 2.05) is 0 Å². The number of halogens is 1. The molecular formula is C15H23BrN2. The lowest BCUT2D eigenvalue weighted by Gasteiger charge is -2.40. The van der Waals surface area contributed by atoms with Crippen LogP contribution in [0.2, 0.25) is 0 Å². The SMILES string of the molecule is CNCC1CCCCN1C(C)c1ccc(Br)cc1. The molecule has 0 radical (unpaired) electrons. The molecule has 2 unspecified atom stereocenters. The summed E-state index contributed by atoms with van der Waals surface area (Å²) in [4.78, 5) is 2.66. The number of benzene rings is 1. The van der Waals surface area contributed by atoms with Gasteiger partial charge in [-0.1, -0.05) is 34.5 Å². The molecule has 1 aromatic rings. The number of rotatable bonds is 4. The Morgan fingerprint density at radius 1 is 1.33 bits per heavy atom. The van der Waals surface area contributed by atoms with Crippen molar-refractivity contribution in [1.29, 1.82) is 0 Å². The van der Waals surface area contributed by atoms with Gasteiger partial charge in [-0.2, -0.15) is 0 Å². The number of hydrogen-bond acceptors (Lipinski definition) is 2. The Hall–Kier alpha value is -0.380. The first kappa shape index (κ1) is 14.0. The predicted molar refractivity (Wildman–Crippen MR) is 80.8 cm³/mol. The zero-order valence-corrected chi connectivity index (χ0v) is 12.9. The van der Waals surface area contributed by atoms with Gasteiger partial charge in [-0.3, -0.25) is 4.90 Å². The third-order valence-corrected chi connectivity index (χ3v) is 4.49. The summed E-state index contributed by atoms with van der Waals surface area (Å²) in [6, 6.07) is 9.95. The van der Waals surface area contributed by atoms with Gasteiger partial charge >= 0.3 is 0 Å². The Kier molecular flexibility index (Phi) is 5.22. The van der Waals surface area contributed by atoms with Crippen LogP contribution in [-0.2, 0) is 0 Å². The highest BCUT2D eigenvalue weighted by Gasteiger charge is 2.26. The summed E-state index contributed by atoms with van der Waals surface area (Å²) in [5, 5.41) is 3.33. The van der Waals surface area contributed by atoms with Gasteiger partial charge < -0.3 is 5.32 Å². The molecule has 0 aliphatic carbocycles. The number of likely N-dealkylation sites (N-methyl/N-ethyl adjacent to an activating group) is 1. The van der Waals surface area contributed by atoms with Crippen LogP contribution in [0.5, 0.6) is 0 Å². The molecule has 0 saturated carbocycles. The molecule has 18 heavy (non-hydrogen) atoms. The van der Waals surface area contributed by atoms with Crippen LogP contribution in [0.1, 0.15) is 37.8 Å².